The Morgan fingerprint density at radius 3 is 2.44 bits per heavy atom. The largest absolute Gasteiger partial charge is 0.496 e. The number of nitrogens with zero attached hydrogens (tertiary/aromatic N) is 3. The van der Waals surface area contributed by atoms with Gasteiger partial charge in [-0.3, -0.25) is 14.5 Å². The number of carbonyl (C=O) groups excluding carboxylic acids is 1. The Bertz CT molecular complexity index is 1270. The molecule has 2 heterocycles. The van der Waals surface area contributed by atoms with E-state index in [4.69, 9.17) is 9.72 Å². The van der Waals surface area contributed by atoms with E-state index >= 15 is 0 Å². The van der Waals surface area contributed by atoms with Gasteiger partial charge >= 0.3 is 0 Å². The molecule has 3 aromatic rings. The summed E-state index contributed by atoms with van der Waals surface area (Å²) in [5.74, 6) is 2.73. The van der Waals surface area contributed by atoms with Crippen LogP contribution in [-0.2, 0) is 10.2 Å². The van der Waals surface area contributed by atoms with Crippen molar-refractivity contribution in [2.75, 3.05) is 13.7 Å². The van der Waals surface area contributed by atoms with Gasteiger partial charge in [0.1, 0.15) is 5.75 Å². The molecule has 0 radical (unpaired) electrons. The number of amides is 1. The third-order valence-electron chi connectivity index (χ3n) is 9.73. The third-order valence-corrected chi connectivity index (χ3v) is 9.73. The second kappa shape index (κ2) is 11.1. The molecule has 3 fully saturated rings. The van der Waals surface area contributed by atoms with Crippen LogP contribution in [0.2, 0.25) is 0 Å². The molecule has 1 N–H and O–H groups in total. The summed E-state index contributed by atoms with van der Waals surface area (Å²) in [6.45, 7) is 2.88. The van der Waals surface area contributed by atoms with Crippen LogP contribution in [0.5, 0.6) is 5.75 Å². The summed E-state index contributed by atoms with van der Waals surface area (Å²) in [4.78, 5) is 18.6. The highest BCUT2D eigenvalue weighted by molar-refractivity contribution is 5.88. The van der Waals surface area contributed by atoms with E-state index < -0.39 is 5.41 Å². The number of aromatic nitrogens is 3. The topological polar surface area (TPSA) is 69.0 Å². The van der Waals surface area contributed by atoms with E-state index in [-0.39, 0.29) is 5.91 Å². The Labute approximate surface area is 232 Å². The van der Waals surface area contributed by atoms with E-state index in [0.29, 0.717) is 23.8 Å². The van der Waals surface area contributed by atoms with Crippen molar-refractivity contribution in [1.29, 1.82) is 0 Å². The lowest BCUT2D eigenvalue weighted by Gasteiger charge is -2.39. The monoisotopic (exact) mass is 526 g/mol. The minimum absolute atomic E-state index is 0.168. The normalized spacial score (nSPS) is 27.2. The van der Waals surface area contributed by atoms with E-state index in [0.717, 1.165) is 56.5 Å². The molecule has 6 rings (SSSR count). The molecule has 3 aliphatic rings. The van der Waals surface area contributed by atoms with Crippen molar-refractivity contribution in [2.24, 2.45) is 5.92 Å². The van der Waals surface area contributed by atoms with Gasteiger partial charge in [-0.1, -0.05) is 18.2 Å². The molecule has 0 aliphatic heterocycles. The first kappa shape index (κ1) is 26.1. The van der Waals surface area contributed by atoms with Crippen LogP contribution in [0, 0.1) is 12.8 Å². The van der Waals surface area contributed by atoms with E-state index in [1.807, 2.05) is 24.4 Å². The smallest absolute Gasteiger partial charge is 0.232 e. The predicted octanol–water partition coefficient (Wildman–Crippen LogP) is 6.62. The second-order valence-electron chi connectivity index (χ2n) is 12.2. The fraction of sp³-hybridized carbons (Fsp3) is 0.545. The molecule has 6 heteroatoms. The summed E-state index contributed by atoms with van der Waals surface area (Å²) < 4.78 is 7.59. The highest BCUT2D eigenvalue weighted by Gasteiger charge is 2.45. The van der Waals surface area contributed by atoms with Gasteiger partial charge in [0.25, 0.3) is 0 Å². The molecule has 2 aromatic heterocycles. The van der Waals surface area contributed by atoms with E-state index in [2.05, 4.69) is 52.6 Å². The maximum Gasteiger partial charge on any atom is 0.232 e. The van der Waals surface area contributed by atoms with E-state index in [1.54, 1.807) is 7.11 Å². The van der Waals surface area contributed by atoms with Gasteiger partial charge in [-0.25, -0.2) is 0 Å². The van der Waals surface area contributed by atoms with Crippen LogP contribution in [0.15, 0.2) is 55.0 Å². The van der Waals surface area contributed by atoms with Crippen molar-refractivity contribution in [3.63, 3.8) is 0 Å². The van der Waals surface area contributed by atoms with Crippen LogP contribution in [0.25, 0.3) is 0 Å². The van der Waals surface area contributed by atoms with Gasteiger partial charge in [0.15, 0.2) is 0 Å². The van der Waals surface area contributed by atoms with Crippen molar-refractivity contribution in [1.82, 2.24) is 20.1 Å². The lowest BCUT2D eigenvalue weighted by atomic mass is 9.66. The van der Waals surface area contributed by atoms with Crippen molar-refractivity contribution < 1.29 is 9.53 Å². The Balaban J connectivity index is 1.07. The van der Waals surface area contributed by atoms with Gasteiger partial charge in [-0.15, -0.1) is 0 Å². The van der Waals surface area contributed by atoms with Crippen molar-refractivity contribution in [2.45, 2.75) is 94.4 Å². The number of hydrogen-bond donors (Lipinski definition) is 1. The summed E-state index contributed by atoms with van der Waals surface area (Å²) in [6.07, 6.45) is 16.9. The van der Waals surface area contributed by atoms with Gasteiger partial charge in [-0.05, 0) is 124 Å². The average Bonchev–Trinajstić information content (AvgIpc) is 3.72. The zero-order valence-corrected chi connectivity index (χ0v) is 23.4. The Hall–Kier alpha value is -3.15. The Morgan fingerprint density at radius 1 is 1.00 bits per heavy atom. The zero-order valence-electron chi connectivity index (χ0n) is 23.4. The summed E-state index contributed by atoms with van der Waals surface area (Å²) >= 11 is 0. The Morgan fingerprint density at radius 2 is 1.77 bits per heavy atom. The fourth-order valence-electron chi connectivity index (χ4n) is 7.05. The van der Waals surface area contributed by atoms with Crippen LogP contribution in [-0.4, -0.2) is 34.3 Å². The fourth-order valence-corrected chi connectivity index (χ4v) is 7.05. The summed E-state index contributed by atoms with van der Waals surface area (Å²) in [5.41, 5.74) is 4.34. The molecule has 3 aliphatic carbocycles. The molecule has 0 bridgehead atoms. The van der Waals surface area contributed by atoms with Crippen LogP contribution in [0.1, 0.15) is 104 Å². The number of carbonyl (C=O) groups is 1. The Kier molecular flexibility index (Phi) is 7.46. The summed E-state index contributed by atoms with van der Waals surface area (Å²) in [5, 5.41) is 8.03. The zero-order chi connectivity index (χ0) is 26.8. The summed E-state index contributed by atoms with van der Waals surface area (Å²) in [6, 6.07) is 13.2. The summed E-state index contributed by atoms with van der Waals surface area (Å²) in [7, 11) is 1.73. The number of rotatable bonds is 8. The van der Waals surface area contributed by atoms with Gasteiger partial charge in [0.2, 0.25) is 5.91 Å². The highest BCUT2D eigenvalue weighted by Crippen LogP contribution is 2.45. The van der Waals surface area contributed by atoms with Gasteiger partial charge in [0.05, 0.1) is 30.5 Å². The van der Waals surface area contributed by atoms with Gasteiger partial charge in [-0.2, -0.15) is 5.10 Å². The molecule has 6 nitrogen and oxygen atoms in total. The molecular formula is C33H42N4O2. The minimum atomic E-state index is -0.540. The number of ether oxygens (including phenoxy) is 1. The van der Waals surface area contributed by atoms with Crippen LogP contribution in [0.3, 0.4) is 0 Å². The standard InChI is InChI=1S/C33H42N4O2/c1-23-19-27(10-13-30(23)39-2)25-8-6-24(7-9-25)20-35-32(38)33(31-5-3-4-18-34-31)16-14-26(15-17-33)28-21-36-37(22-28)29-11-12-29/h3-5,10,13,18-19,21-22,24-26,29H,6-9,11-12,14-17,20H2,1-2H3,(H,35,38). The third kappa shape index (κ3) is 5.48. The first-order valence-corrected chi connectivity index (χ1v) is 14.9. The first-order valence-electron chi connectivity index (χ1n) is 14.9. The number of aryl methyl sites for hydroxylation is 1. The van der Waals surface area contributed by atoms with E-state index in [1.165, 1.54) is 42.4 Å². The quantitative estimate of drug-likeness (QED) is 0.358. The van der Waals surface area contributed by atoms with Crippen molar-refractivity contribution in [3.05, 3.63) is 77.4 Å². The molecule has 3 saturated carbocycles. The maximum atomic E-state index is 13.9. The number of benzene rings is 1. The van der Waals surface area contributed by atoms with E-state index in [9.17, 15) is 4.79 Å². The molecule has 0 atom stereocenters. The van der Waals surface area contributed by atoms with Crippen LogP contribution < -0.4 is 10.1 Å². The number of methoxy groups -OCH3 is 1. The molecule has 0 unspecified atom stereocenters. The highest BCUT2D eigenvalue weighted by atomic mass is 16.5. The second-order valence-corrected chi connectivity index (χ2v) is 12.2. The average molecular weight is 527 g/mol. The molecule has 0 saturated heterocycles. The molecule has 39 heavy (non-hydrogen) atoms. The van der Waals surface area contributed by atoms with Gasteiger partial charge < -0.3 is 10.1 Å². The van der Waals surface area contributed by atoms with Crippen LogP contribution in [0.4, 0.5) is 0 Å². The maximum absolute atomic E-state index is 13.9. The molecule has 1 aromatic carbocycles. The number of pyridine rings is 1. The number of hydrogen-bond acceptors (Lipinski definition) is 4. The lowest BCUT2D eigenvalue weighted by Crippen LogP contribution is -2.48. The van der Waals surface area contributed by atoms with Crippen molar-refractivity contribution in [3.8, 4) is 5.75 Å². The molecular weight excluding hydrogens is 484 g/mol. The molecule has 0 spiro atoms. The van der Waals surface area contributed by atoms with Crippen LogP contribution >= 0.6 is 0 Å². The molecule has 1 amide bonds. The first-order chi connectivity index (χ1) is 19.1. The SMILES string of the molecule is COc1ccc(C2CCC(CNC(=O)C3(c4ccccn4)CCC(c4cnn(C5CC5)c4)CC3)CC2)cc1C. The minimum Gasteiger partial charge on any atom is -0.496 e. The van der Waals surface area contributed by atoms with Gasteiger partial charge in [0, 0.05) is 18.9 Å². The lowest BCUT2D eigenvalue weighted by molar-refractivity contribution is -0.128. The van der Waals surface area contributed by atoms with Crippen molar-refractivity contribution >= 4 is 5.91 Å². The number of nitrogens with one attached hydrogen (secondary N) is 1. The predicted molar refractivity (Wildman–Crippen MR) is 153 cm³/mol. The molecule has 206 valence electrons.